The van der Waals surface area contributed by atoms with Crippen molar-refractivity contribution in [1.29, 1.82) is 5.26 Å². The lowest BCUT2D eigenvalue weighted by atomic mass is 9.98. The van der Waals surface area contributed by atoms with Crippen LogP contribution in [0.4, 0.5) is 5.82 Å². The van der Waals surface area contributed by atoms with Gasteiger partial charge < -0.3 is 4.90 Å². The van der Waals surface area contributed by atoms with E-state index in [9.17, 15) is 0 Å². The van der Waals surface area contributed by atoms with Crippen LogP contribution in [0.3, 0.4) is 0 Å². The molecule has 1 saturated heterocycles. The maximum atomic E-state index is 9.12. The van der Waals surface area contributed by atoms with Crippen molar-refractivity contribution < 1.29 is 0 Å². The number of nitriles is 1. The van der Waals surface area contributed by atoms with Gasteiger partial charge in [0.05, 0.1) is 17.1 Å². The van der Waals surface area contributed by atoms with E-state index in [4.69, 9.17) is 5.26 Å². The first kappa shape index (κ1) is 15.1. The van der Waals surface area contributed by atoms with Gasteiger partial charge in [-0.1, -0.05) is 11.9 Å². The first-order valence-corrected chi connectivity index (χ1v) is 8.70. The average molecular weight is 313 g/mol. The molecule has 1 unspecified atom stereocenters. The fraction of sp³-hybridized carbons (Fsp3) is 0.438. The van der Waals surface area contributed by atoms with Gasteiger partial charge in [-0.3, -0.25) is 4.72 Å². The normalized spacial score (nSPS) is 18.4. The molecular formula is C16H19N5S. The van der Waals surface area contributed by atoms with Crippen LogP contribution in [0.15, 0.2) is 24.5 Å². The molecule has 0 radical (unpaired) electrons. The van der Waals surface area contributed by atoms with Crippen LogP contribution in [0.2, 0.25) is 0 Å². The van der Waals surface area contributed by atoms with Crippen molar-refractivity contribution in [2.24, 2.45) is 5.92 Å². The van der Waals surface area contributed by atoms with E-state index in [1.165, 1.54) is 12.8 Å². The van der Waals surface area contributed by atoms with Gasteiger partial charge in [-0.15, -0.1) is 0 Å². The van der Waals surface area contributed by atoms with Gasteiger partial charge in [0.1, 0.15) is 12.1 Å². The first-order valence-electron chi connectivity index (χ1n) is 7.47. The predicted molar refractivity (Wildman–Crippen MR) is 90.7 cm³/mol. The van der Waals surface area contributed by atoms with Crippen molar-refractivity contribution in [2.45, 2.75) is 12.8 Å². The minimum Gasteiger partial charge on any atom is -0.356 e. The monoisotopic (exact) mass is 313 g/mol. The second kappa shape index (κ2) is 6.95. The number of nitrogens with one attached hydrogen (secondary N) is 1. The molecular weight excluding hydrogens is 294 g/mol. The third-order valence-corrected chi connectivity index (χ3v) is 4.53. The van der Waals surface area contributed by atoms with E-state index < -0.39 is 0 Å². The Kier molecular flexibility index (Phi) is 4.76. The summed E-state index contributed by atoms with van der Waals surface area (Å²) in [7, 11) is 0. The van der Waals surface area contributed by atoms with Gasteiger partial charge in [0.2, 0.25) is 0 Å². The summed E-state index contributed by atoms with van der Waals surface area (Å²) >= 11 is 1.67. The summed E-state index contributed by atoms with van der Waals surface area (Å²) in [5, 5.41) is 10.1. The average Bonchev–Trinajstić information content (AvgIpc) is 2.59. The summed E-state index contributed by atoms with van der Waals surface area (Å²) in [5.41, 5.74) is 1.55. The molecule has 0 bridgehead atoms. The highest BCUT2D eigenvalue weighted by atomic mass is 32.2. The Morgan fingerprint density at radius 2 is 2.36 bits per heavy atom. The van der Waals surface area contributed by atoms with Crippen molar-refractivity contribution in [2.75, 3.05) is 30.8 Å². The van der Waals surface area contributed by atoms with Crippen LogP contribution in [-0.2, 0) is 0 Å². The molecule has 0 saturated carbocycles. The van der Waals surface area contributed by atoms with Gasteiger partial charge in [0.25, 0.3) is 0 Å². The molecule has 1 N–H and O–H groups in total. The number of anilines is 1. The van der Waals surface area contributed by atoms with Gasteiger partial charge in [0.15, 0.2) is 0 Å². The number of benzene rings is 1. The zero-order valence-electron chi connectivity index (χ0n) is 12.6. The lowest BCUT2D eigenvalue weighted by molar-refractivity contribution is 0.415. The van der Waals surface area contributed by atoms with Gasteiger partial charge in [-0.2, -0.15) is 5.26 Å². The molecule has 2 heterocycles. The topological polar surface area (TPSA) is 64.8 Å². The van der Waals surface area contributed by atoms with Crippen LogP contribution >= 0.6 is 11.9 Å². The highest BCUT2D eigenvalue weighted by Gasteiger charge is 2.22. The Balaban J connectivity index is 1.90. The maximum absolute atomic E-state index is 9.12. The van der Waals surface area contributed by atoms with Gasteiger partial charge >= 0.3 is 0 Å². The van der Waals surface area contributed by atoms with Gasteiger partial charge in [0, 0.05) is 25.0 Å². The molecule has 114 valence electrons. The number of nitrogens with zero attached hydrogens (tertiary/aromatic N) is 4. The predicted octanol–water partition coefficient (Wildman–Crippen LogP) is 2.59. The number of piperidine rings is 1. The molecule has 6 heteroatoms. The summed E-state index contributed by atoms with van der Waals surface area (Å²) in [4.78, 5) is 11.2. The number of hydrogen-bond donors (Lipinski definition) is 1. The second-order valence-electron chi connectivity index (χ2n) is 5.55. The molecule has 5 nitrogen and oxygen atoms in total. The van der Waals surface area contributed by atoms with Crippen molar-refractivity contribution in [1.82, 2.24) is 14.7 Å². The van der Waals surface area contributed by atoms with Crippen molar-refractivity contribution in [3.63, 3.8) is 0 Å². The lowest BCUT2D eigenvalue weighted by Gasteiger charge is -2.34. The minimum atomic E-state index is 0.630. The molecule has 1 aliphatic heterocycles. The Morgan fingerprint density at radius 3 is 3.18 bits per heavy atom. The highest BCUT2D eigenvalue weighted by molar-refractivity contribution is 7.96. The van der Waals surface area contributed by atoms with Crippen LogP contribution in [0.25, 0.3) is 10.9 Å². The Morgan fingerprint density at radius 1 is 1.45 bits per heavy atom. The van der Waals surface area contributed by atoms with Crippen molar-refractivity contribution in [3.05, 3.63) is 30.1 Å². The molecule has 0 spiro atoms. The summed E-state index contributed by atoms with van der Waals surface area (Å²) in [6, 6.07) is 7.80. The third-order valence-electron chi connectivity index (χ3n) is 4.08. The van der Waals surface area contributed by atoms with Gasteiger partial charge in [-0.25, -0.2) is 9.97 Å². The maximum Gasteiger partial charge on any atom is 0.139 e. The second-order valence-corrected chi connectivity index (χ2v) is 6.24. The van der Waals surface area contributed by atoms with E-state index >= 15 is 0 Å². The fourth-order valence-electron chi connectivity index (χ4n) is 2.99. The van der Waals surface area contributed by atoms with E-state index in [0.29, 0.717) is 11.5 Å². The number of hydrogen-bond acceptors (Lipinski definition) is 6. The fourth-order valence-corrected chi connectivity index (χ4v) is 3.39. The molecule has 1 aromatic heterocycles. The van der Waals surface area contributed by atoms with Crippen molar-refractivity contribution >= 4 is 28.7 Å². The Bertz CT molecular complexity index is 696. The zero-order valence-corrected chi connectivity index (χ0v) is 13.4. The molecule has 22 heavy (non-hydrogen) atoms. The zero-order chi connectivity index (χ0) is 15.4. The summed E-state index contributed by atoms with van der Waals surface area (Å²) in [5.74, 6) is 1.58. The summed E-state index contributed by atoms with van der Waals surface area (Å²) in [6.45, 7) is 3.03. The minimum absolute atomic E-state index is 0.630. The van der Waals surface area contributed by atoms with Crippen LogP contribution in [0.1, 0.15) is 18.4 Å². The molecule has 3 rings (SSSR count). The molecule has 1 aromatic carbocycles. The van der Waals surface area contributed by atoms with Crippen LogP contribution in [-0.4, -0.2) is 35.9 Å². The number of fused-ring (bicyclic) bond motifs is 1. The van der Waals surface area contributed by atoms with E-state index in [-0.39, 0.29) is 0 Å². The highest BCUT2D eigenvalue weighted by Crippen LogP contribution is 2.28. The van der Waals surface area contributed by atoms with Crippen LogP contribution in [0.5, 0.6) is 0 Å². The number of rotatable bonds is 4. The smallest absolute Gasteiger partial charge is 0.139 e. The molecule has 2 aromatic rings. The van der Waals surface area contributed by atoms with Gasteiger partial charge in [-0.05, 0) is 43.2 Å². The Labute approximate surface area is 134 Å². The molecule has 0 aliphatic carbocycles. The molecule has 1 fully saturated rings. The third kappa shape index (κ3) is 3.16. The molecule has 1 atom stereocenters. The van der Waals surface area contributed by atoms with E-state index in [2.05, 4.69) is 31.9 Å². The van der Waals surface area contributed by atoms with E-state index in [0.717, 1.165) is 36.4 Å². The van der Waals surface area contributed by atoms with Crippen LogP contribution in [0, 0.1) is 17.2 Å². The standard InChI is InChI=1S/C16H19N5S/c1-22-20-9-13-3-2-6-21(10-13)16-14-7-12(8-17)4-5-15(14)18-11-19-16/h4-5,7,11,13,20H,2-3,6,9-10H2,1H3. The van der Waals surface area contributed by atoms with Crippen LogP contribution < -0.4 is 9.62 Å². The lowest BCUT2D eigenvalue weighted by Crippen LogP contribution is -2.39. The SMILES string of the molecule is CSNCC1CCCN(c2ncnc3ccc(C#N)cc23)C1. The summed E-state index contributed by atoms with van der Waals surface area (Å²) in [6.07, 6.45) is 6.09. The molecule has 0 amide bonds. The molecule has 1 aliphatic rings. The quantitative estimate of drug-likeness (QED) is 0.875. The van der Waals surface area contributed by atoms with E-state index in [1.54, 1.807) is 24.3 Å². The first-order chi connectivity index (χ1) is 10.8. The Hall–Kier alpha value is -1.84. The van der Waals surface area contributed by atoms with E-state index in [1.807, 2.05) is 12.1 Å². The largest absolute Gasteiger partial charge is 0.356 e. The van der Waals surface area contributed by atoms with Crippen molar-refractivity contribution in [3.8, 4) is 6.07 Å². The summed E-state index contributed by atoms with van der Waals surface area (Å²) < 4.78 is 3.36. The number of aromatic nitrogens is 2.